The number of nitrogens with zero attached hydrogens (tertiary/aromatic N) is 5. The minimum Gasteiger partial charge on any atom is -0.383 e. The number of imidazole rings is 1. The molecule has 2 amide bonds. The van der Waals surface area contributed by atoms with Crippen molar-refractivity contribution in [3.63, 3.8) is 0 Å². The summed E-state index contributed by atoms with van der Waals surface area (Å²) < 4.78 is 65.6. The highest BCUT2D eigenvalue weighted by atomic mass is 19.4. The largest absolute Gasteiger partial charge is 0.453 e. The fourth-order valence-electron chi connectivity index (χ4n) is 3.48. The maximum absolute atomic E-state index is 13.4. The number of halogens is 5. The van der Waals surface area contributed by atoms with Gasteiger partial charge in [-0.25, -0.2) is 19.5 Å². The van der Waals surface area contributed by atoms with Gasteiger partial charge in [0.05, 0.1) is 11.1 Å². The van der Waals surface area contributed by atoms with Gasteiger partial charge in [0.1, 0.15) is 23.2 Å². The Kier molecular flexibility index (Phi) is 4.76. The maximum atomic E-state index is 13.4. The second kappa shape index (κ2) is 7.05. The molecule has 0 saturated carbocycles. The zero-order valence-electron chi connectivity index (χ0n) is 16.7. The number of rotatable bonds is 5. The second-order valence-corrected chi connectivity index (χ2v) is 7.50. The number of nitrogens with two attached hydrogens (primary N) is 2. The van der Waals surface area contributed by atoms with Crippen LogP contribution in [-0.2, 0) is 21.4 Å². The average molecular weight is 470 g/mol. The van der Waals surface area contributed by atoms with E-state index in [-0.39, 0.29) is 40.1 Å². The summed E-state index contributed by atoms with van der Waals surface area (Å²) in [4.78, 5) is 36.6. The van der Waals surface area contributed by atoms with E-state index >= 15 is 0 Å². The quantitative estimate of drug-likeness (QED) is 0.378. The molecule has 0 aliphatic carbocycles. The van der Waals surface area contributed by atoms with Crippen LogP contribution in [0, 0.1) is 0 Å². The molecule has 15 heteroatoms. The first-order chi connectivity index (χ1) is 15.3. The van der Waals surface area contributed by atoms with Crippen molar-refractivity contribution in [2.45, 2.75) is 37.3 Å². The van der Waals surface area contributed by atoms with Gasteiger partial charge >= 0.3 is 12.1 Å². The van der Waals surface area contributed by atoms with Crippen molar-refractivity contribution in [3.05, 3.63) is 29.7 Å². The average Bonchev–Trinajstić information content (AvgIpc) is 3.21. The molecule has 0 spiro atoms. The van der Waals surface area contributed by atoms with E-state index in [9.17, 15) is 31.5 Å². The predicted octanol–water partition coefficient (Wildman–Crippen LogP) is 1.59. The molecule has 0 fully saturated rings. The van der Waals surface area contributed by atoms with Gasteiger partial charge in [-0.1, -0.05) is 0 Å². The highest BCUT2D eigenvalue weighted by molar-refractivity contribution is 6.20. The molecule has 0 aromatic carbocycles. The van der Waals surface area contributed by atoms with E-state index in [0.717, 1.165) is 4.52 Å². The number of amides is 2. The molecule has 4 rings (SSSR count). The molecule has 5 N–H and O–H groups in total. The van der Waals surface area contributed by atoms with Crippen molar-refractivity contribution in [1.82, 2.24) is 24.6 Å². The van der Waals surface area contributed by atoms with Gasteiger partial charge in [-0.3, -0.25) is 9.59 Å². The van der Waals surface area contributed by atoms with E-state index in [0.29, 0.717) is 0 Å². The molecule has 10 nitrogen and oxygen atoms in total. The summed E-state index contributed by atoms with van der Waals surface area (Å²) in [6.07, 6.45) is -6.73. The summed E-state index contributed by atoms with van der Waals surface area (Å²) >= 11 is 0. The summed E-state index contributed by atoms with van der Waals surface area (Å²) in [5.74, 6) is -7.39. The molecular weight excluding hydrogens is 455 g/mol. The molecule has 33 heavy (non-hydrogen) atoms. The van der Waals surface area contributed by atoms with Crippen LogP contribution in [0.2, 0.25) is 0 Å². The minimum atomic E-state index is -5.71. The lowest BCUT2D eigenvalue weighted by molar-refractivity contribution is -0.284. The number of hydrogen-bond donors (Lipinski definition) is 3. The standard InChI is InChI=1S/C18H15F5N8O2/c1-16(14(25)32)9-11(24)28-13(29-12(9)30-15(16)33)10-7-3-2-6-26-31(7)8(27-10)4-5-17(19,20)18(21,22)23/h2-3,6H,4-5H2,1H3,(H2,25,32)(H3,24,28,29,30,33). The van der Waals surface area contributed by atoms with E-state index < -0.39 is 42.2 Å². The Balaban J connectivity index is 1.80. The Bertz CT molecular complexity index is 1300. The number of primary amides is 1. The third kappa shape index (κ3) is 3.30. The Labute approximate surface area is 181 Å². The van der Waals surface area contributed by atoms with E-state index in [1.165, 1.54) is 25.3 Å². The van der Waals surface area contributed by atoms with Gasteiger partial charge in [0.15, 0.2) is 11.2 Å². The second-order valence-electron chi connectivity index (χ2n) is 7.50. The Morgan fingerprint density at radius 3 is 2.55 bits per heavy atom. The van der Waals surface area contributed by atoms with Crippen LogP contribution in [0.4, 0.5) is 33.6 Å². The van der Waals surface area contributed by atoms with Gasteiger partial charge in [0.25, 0.3) is 0 Å². The van der Waals surface area contributed by atoms with Gasteiger partial charge in [-0.05, 0) is 19.1 Å². The Morgan fingerprint density at radius 1 is 1.21 bits per heavy atom. The maximum Gasteiger partial charge on any atom is 0.453 e. The molecule has 1 unspecified atom stereocenters. The monoisotopic (exact) mass is 470 g/mol. The molecule has 3 aromatic heterocycles. The molecule has 0 saturated heterocycles. The third-order valence-corrected chi connectivity index (χ3v) is 5.38. The number of nitrogen functional groups attached to an aromatic ring is 1. The number of hydrogen-bond acceptors (Lipinski definition) is 7. The van der Waals surface area contributed by atoms with E-state index in [4.69, 9.17) is 11.5 Å². The zero-order valence-corrected chi connectivity index (χ0v) is 16.7. The molecule has 1 aliphatic heterocycles. The number of alkyl halides is 5. The smallest absolute Gasteiger partial charge is 0.383 e. The highest BCUT2D eigenvalue weighted by Gasteiger charge is 2.57. The lowest BCUT2D eigenvalue weighted by Crippen LogP contribution is -2.44. The lowest BCUT2D eigenvalue weighted by atomic mass is 9.84. The number of fused-ring (bicyclic) bond motifs is 2. The summed E-state index contributed by atoms with van der Waals surface area (Å²) in [5.41, 5.74) is 9.66. The highest BCUT2D eigenvalue weighted by Crippen LogP contribution is 2.41. The van der Waals surface area contributed by atoms with Crippen LogP contribution in [-0.4, -0.2) is 48.5 Å². The van der Waals surface area contributed by atoms with Crippen molar-refractivity contribution in [2.24, 2.45) is 5.73 Å². The van der Waals surface area contributed by atoms with Crippen molar-refractivity contribution in [3.8, 4) is 11.5 Å². The van der Waals surface area contributed by atoms with Crippen molar-refractivity contribution >= 4 is 29.0 Å². The van der Waals surface area contributed by atoms with Crippen LogP contribution in [0.25, 0.3) is 17.0 Å². The van der Waals surface area contributed by atoms with Gasteiger partial charge in [-0.2, -0.15) is 27.1 Å². The van der Waals surface area contributed by atoms with Gasteiger partial charge in [0, 0.05) is 19.0 Å². The number of aromatic nitrogens is 5. The lowest BCUT2D eigenvalue weighted by Gasteiger charge is -2.18. The van der Waals surface area contributed by atoms with Crippen LogP contribution < -0.4 is 16.8 Å². The summed E-state index contributed by atoms with van der Waals surface area (Å²) in [6, 6.07) is 2.96. The summed E-state index contributed by atoms with van der Waals surface area (Å²) in [5, 5.41) is 6.35. The summed E-state index contributed by atoms with van der Waals surface area (Å²) in [7, 11) is 0. The van der Waals surface area contributed by atoms with E-state index in [1.807, 2.05) is 0 Å². The molecule has 174 valence electrons. The van der Waals surface area contributed by atoms with Gasteiger partial charge < -0.3 is 16.8 Å². The summed E-state index contributed by atoms with van der Waals surface area (Å²) in [6.45, 7) is 1.25. The first kappa shape index (κ1) is 22.3. The number of nitrogens with one attached hydrogen (secondary N) is 1. The fraction of sp³-hybridized carbons (Fsp3) is 0.333. The van der Waals surface area contributed by atoms with Crippen molar-refractivity contribution < 1.29 is 31.5 Å². The number of carbonyl (C=O) groups excluding carboxylic acids is 2. The molecule has 1 atom stereocenters. The van der Waals surface area contributed by atoms with Crippen LogP contribution in [0.1, 0.15) is 24.7 Å². The molecule has 1 aliphatic rings. The van der Waals surface area contributed by atoms with Crippen LogP contribution in [0.15, 0.2) is 18.3 Å². The van der Waals surface area contributed by atoms with Gasteiger partial charge in [-0.15, -0.1) is 0 Å². The SMILES string of the molecule is CC1(C(N)=O)C(=O)Nc2nc(-c3nc(CCC(F)(F)C(F)(F)F)n4ncccc34)nc(N)c21. The van der Waals surface area contributed by atoms with Crippen LogP contribution >= 0.6 is 0 Å². The van der Waals surface area contributed by atoms with E-state index in [2.05, 4.69) is 25.4 Å². The molecule has 4 heterocycles. The minimum absolute atomic E-state index is 0.0233. The molecule has 0 bridgehead atoms. The number of aryl methyl sites for hydroxylation is 1. The predicted molar refractivity (Wildman–Crippen MR) is 103 cm³/mol. The van der Waals surface area contributed by atoms with E-state index in [1.54, 1.807) is 0 Å². The molecular formula is C18H15F5N8O2. The van der Waals surface area contributed by atoms with Crippen LogP contribution in [0.5, 0.6) is 0 Å². The number of carbonyl (C=O) groups is 2. The van der Waals surface area contributed by atoms with Gasteiger partial charge in [0.2, 0.25) is 11.8 Å². The van der Waals surface area contributed by atoms with Crippen molar-refractivity contribution in [2.75, 3.05) is 11.1 Å². The Morgan fingerprint density at radius 2 is 1.91 bits per heavy atom. The zero-order chi connectivity index (χ0) is 24.3. The first-order valence-electron chi connectivity index (χ1n) is 9.34. The van der Waals surface area contributed by atoms with Crippen molar-refractivity contribution in [1.29, 1.82) is 0 Å². The number of anilines is 2. The molecule has 0 radical (unpaired) electrons. The fourth-order valence-corrected chi connectivity index (χ4v) is 3.48. The van der Waals surface area contributed by atoms with Crippen LogP contribution in [0.3, 0.4) is 0 Å². The Hall–Kier alpha value is -3.91. The normalized spacial score (nSPS) is 18.4. The topological polar surface area (TPSA) is 154 Å². The molecule has 3 aromatic rings. The third-order valence-electron chi connectivity index (χ3n) is 5.38. The first-order valence-corrected chi connectivity index (χ1v) is 9.34.